The number of nitrogens with zero attached hydrogens (tertiary/aromatic N) is 2. The smallest absolute Gasteiger partial charge is 0.0645 e. The second kappa shape index (κ2) is 5.64. The minimum atomic E-state index is 0.104. The third-order valence-electron chi connectivity index (χ3n) is 2.92. The van der Waals surface area contributed by atoms with Gasteiger partial charge in [-0.1, -0.05) is 38.0 Å². The molecule has 0 saturated heterocycles. The van der Waals surface area contributed by atoms with Crippen LogP contribution in [0.3, 0.4) is 0 Å². The van der Waals surface area contributed by atoms with Crippen LogP contribution in [0, 0.1) is 0 Å². The first-order chi connectivity index (χ1) is 8.31. The highest BCUT2D eigenvalue weighted by Gasteiger charge is 2.08. The van der Waals surface area contributed by atoms with Crippen molar-refractivity contribution in [1.82, 2.24) is 9.78 Å². The van der Waals surface area contributed by atoms with Crippen molar-refractivity contribution in [2.45, 2.75) is 32.2 Å². The van der Waals surface area contributed by atoms with Gasteiger partial charge in [0.05, 0.1) is 11.9 Å². The molecule has 1 aromatic carbocycles. The predicted octanol–water partition coefficient (Wildman–Crippen LogP) is 3.06. The number of nitrogens with two attached hydrogens (primary N) is 1. The molecule has 90 valence electrons. The van der Waals surface area contributed by atoms with Crippen LogP contribution in [0.2, 0.25) is 0 Å². The van der Waals surface area contributed by atoms with Crippen molar-refractivity contribution in [2.24, 2.45) is 5.73 Å². The molecule has 0 radical (unpaired) electrons. The second-order valence-corrected chi connectivity index (χ2v) is 4.30. The number of hydrogen-bond acceptors (Lipinski definition) is 2. The van der Waals surface area contributed by atoms with Gasteiger partial charge in [-0.3, -0.25) is 0 Å². The average Bonchev–Trinajstić information content (AvgIpc) is 2.86. The van der Waals surface area contributed by atoms with E-state index in [0.717, 1.165) is 24.1 Å². The zero-order chi connectivity index (χ0) is 12.1. The quantitative estimate of drug-likeness (QED) is 0.856. The Kier molecular flexibility index (Phi) is 3.94. The Balaban J connectivity index is 2.11. The third-order valence-corrected chi connectivity index (χ3v) is 2.92. The van der Waals surface area contributed by atoms with E-state index in [1.54, 1.807) is 0 Å². The Morgan fingerprint density at radius 1 is 1.29 bits per heavy atom. The number of para-hydroxylation sites is 1. The molecule has 0 bridgehead atoms. The summed E-state index contributed by atoms with van der Waals surface area (Å²) in [5.41, 5.74) is 8.30. The van der Waals surface area contributed by atoms with Crippen LogP contribution in [0.1, 0.15) is 37.8 Å². The second-order valence-electron chi connectivity index (χ2n) is 4.30. The first kappa shape index (κ1) is 11.9. The van der Waals surface area contributed by atoms with E-state index in [9.17, 15) is 0 Å². The van der Waals surface area contributed by atoms with Gasteiger partial charge in [-0.2, -0.15) is 5.10 Å². The standard InChI is InChI=1S/C14H19N3/c1-2-3-9-14(15)12-10-16-17(11-12)13-7-5-4-6-8-13/h4-8,10-11,14H,2-3,9,15H2,1H3. The molecule has 0 aliphatic rings. The van der Waals surface area contributed by atoms with E-state index in [-0.39, 0.29) is 6.04 Å². The molecule has 1 atom stereocenters. The molecule has 0 saturated carbocycles. The predicted molar refractivity (Wildman–Crippen MR) is 70.0 cm³/mol. The molecule has 2 rings (SSSR count). The minimum Gasteiger partial charge on any atom is -0.324 e. The van der Waals surface area contributed by atoms with Crippen LogP contribution in [0.4, 0.5) is 0 Å². The van der Waals surface area contributed by atoms with Crippen molar-refractivity contribution in [3.63, 3.8) is 0 Å². The molecule has 0 amide bonds. The first-order valence-electron chi connectivity index (χ1n) is 6.17. The molecule has 0 spiro atoms. The van der Waals surface area contributed by atoms with Gasteiger partial charge in [0, 0.05) is 17.8 Å². The van der Waals surface area contributed by atoms with E-state index in [4.69, 9.17) is 5.73 Å². The number of unbranched alkanes of at least 4 members (excludes halogenated alkanes) is 1. The van der Waals surface area contributed by atoms with Gasteiger partial charge < -0.3 is 5.73 Å². The number of aromatic nitrogens is 2. The molecule has 0 fully saturated rings. The van der Waals surface area contributed by atoms with Gasteiger partial charge >= 0.3 is 0 Å². The summed E-state index contributed by atoms with van der Waals surface area (Å²) in [6, 6.07) is 10.2. The highest BCUT2D eigenvalue weighted by molar-refractivity contribution is 5.31. The highest BCUT2D eigenvalue weighted by Crippen LogP contribution is 2.17. The van der Waals surface area contributed by atoms with Crippen LogP contribution >= 0.6 is 0 Å². The molecular formula is C14H19N3. The number of benzene rings is 1. The zero-order valence-electron chi connectivity index (χ0n) is 10.2. The topological polar surface area (TPSA) is 43.8 Å². The van der Waals surface area contributed by atoms with Crippen molar-refractivity contribution in [3.05, 3.63) is 48.3 Å². The molecule has 17 heavy (non-hydrogen) atoms. The third kappa shape index (κ3) is 2.94. The molecule has 3 nitrogen and oxygen atoms in total. The van der Waals surface area contributed by atoms with Gasteiger partial charge in [0.1, 0.15) is 0 Å². The number of hydrogen-bond donors (Lipinski definition) is 1. The fourth-order valence-corrected chi connectivity index (χ4v) is 1.84. The SMILES string of the molecule is CCCCC(N)c1cnn(-c2ccccc2)c1. The summed E-state index contributed by atoms with van der Waals surface area (Å²) in [6.07, 6.45) is 7.26. The zero-order valence-corrected chi connectivity index (χ0v) is 10.2. The van der Waals surface area contributed by atoms with Gasteiger partial charge in [0.15, 0.2) is 0 Å². The van der Waals surface area contributed by atoms with Crippen molar-refractivity contribution in [2.75, 3.05) is 0 Å². The number of rotatable bonds is 5. The summed E-state index contributed by atoms with van der Waals surface area (Å²) in [5, 5.41) is 4.35. The molecule has 2 N–H and O–H groups in total. The summed E-state index contributed by atoms with van der Waals surface area (Å²) < 4.78 is 1.88. The Bertz CT molecular complexity index is 448. The summed E-state index contributed by atoms with van der Waals surface area (Å²) in [7, 11) is 0. The summed E-state index contributed by atoms with van der Waals surface area (Å²) in [6.45, 7) is 2.18. The van der Waals surface area contributed by atoms with Crippen LogP contribution in [-0.2, 0) is 0 Å². The summed E-state index contributed by atoms with van der Waals surface area (Å²) in [5.74, 6) is 0. The Morgan fingerprint density at radius 2 is 2.06 bits per heavy atom. The minimum absolute atomic E-state index is 0.104. The molecule has 2 aromatic rings. The Morgan fingerprint density at radius 3 is 2.76 bits per heavy atom. The largest absolute Gasteiger partial charge is 0.324 e. The van der Waals surface area contributed by atoms with Crippen molar-refractivity contribution >= 4 is 0 Å². The monoisotopic (exact) mass is 229 g/mol. The van der Waals surface area contributed by atoms with Crippen LogP contribution in [0.5, 0.6) is 0 Å². The van der Waals surface area contributed by atoms with Crippen LogP contribution in [-0.4, -0.2) is 9.78 Å². The lowest BCUT2D eigenvalue weighted by Crippen LogP contribution is -2.09. The lowest BCUT2D eigenvalue weighted by molar-refractivity contribution is 0.603. The van der Waals surface area contributed by atoms with Gasteiger partial charge in [-0.05, 0) is 18.6 Å². The van der Waals surface area contributed by atoms with Crippen molar-refractivity contribution in [1.29, 1.82) is 0 Å². The maximum absolute atomic E-state index is 6.12. The lowest BCUT2D eigenvalue weighted by Gasteiger charge is -2.07. The van der Waals surface area contributed by atoms with Gasteiger partial charge in [-0.15, -0.1) is 0 Å². The van der Waals surface area contributed by atoms with E-state index >= 15 is 0 Å². The van der Waals surface area contributed by atoms with Crippen LogP contribution < -0.4 is 5.73 Å². The summed E-state index contributed by atoms with van der Waals surface area (Å²) >= 11 is 0. The molecule has 1 aromatic heterocycles. The average molecular weight is 229 g/mol. The highest BCUT2D eigenvalue weighted by atomic mass is 15.3. The van der Waals surface area contributed by atoms with E-state index in [1.165, 1.54) is 6.42 Å². The fraction of sp³-hybridized carbons (Fsp3) is 0.357. The molecular weight excluding hydrogens is 210 g/mol. The van der Waals surface area contributed by atoms with E-state index in [2.05, 4.69) is 12.0 Å². The van der Waals surface area contributed by atoms with E-state index < -0.39 is 0 Å². The fourth-order valence-electron chi connectivity index (χ4n) is 1.84. The maximum atomic E-state index is 6.12. The molecule has 3 heteroatoms. The van der Waals surface area contributed by atoms with Gasteiger partial charge in [0.2, 0.25) is 0 Å². The van der Waals surface area contributed by atoms with Crippen molar-refractivity contribution < 1.29 is 0 Å². The lowest BCUT2D eigenvalue weighted by atomic mass is 10.1. The van der Waals surface area contributed by atoms with Crippen LogP contribution in [0.25, 0.3) is 5.69 Å². The Labute approximate surface area is 102 Å². The van der Waals surface area contributed by atoms with E-state index in [0.29, 0.717) is 0 Å². The molecule has 1 heterocycles. The Hall–Kier alpha value is -1.61. The molecule has 1 unspecified atom stereocenters. The molecule has 0 aliphatic heterocycles. The maximum Gasteiger partial charge on any atom is 0.0645 e. The summed E-state index contributed by atoms with van der Waals surface area (Å²) in [4.78, 5) is 0. The normalized spacial score (nSPS) is 12.6. The van der Waals surface area contributed by atoms with Gasteiger partial charge in [0.25, 0.3) is 0 Å². The first-order valence-corrected chi connectivity index (χ1v) is 6.17. The molecule has 0 aliphatic carbocycles. The van der Waals surface area contributed by atoms with Crippen molar-refractivity contribution in [3.8, 4) is 5.69 Å². The van der Waals surface area contributed by atoms with Crippen LogP contribution in [0.15, 0.2) is 42.7 Å². The van der Waals surface area contributed by atoms with E-state index in [1.807, 2.05) is 47.4 Å². The van der Waals surface area contributed by atoms with Gasteiger partial charge in [-0.25, -0.2) is 4.68 Å².